The highest BCUT2D eigenvalue weighted by atomic mass is 16.4. The van der Waals surface area contributed by atoms with E-state index in [1.54, 1.807) is 11.0 Å². The van der Waals surface area contributed by atoms with E-state index in [4.69, 9.17) is 4.42 Å². The number of carbonyl (C=O) groups excluding carboxylic acids is 2. The van der Waals surface area contributed by atoms with Crippen LogP contribution in [0.15, 0.2) is 59.1 Å². The smallest absolute Gasteiger partial charge is 0.289 e. The van der Waals surface area contributed by atoms with Gasteiger partial charge in [0.2, 0.25) is 0 Å². The molecule has 2 heterocycles. The molecule has 0 N–H and O–H groups in total. The Labute approximate surface area is 190 Å². The molecule has 0 saturated heterocycles. The van der Waals surface area contributed by atoms with E-state index in [1.165, 1.54) is 0 Å². The minimum absolute atomic E-state index is 0.0443. The maximum atomic E-state index is 13.2. The molecule has 2 amide bonds. The van der Waals surface area contributed by atoms with Gasteiger partial charge in [-0.25, -0.2) is 0 Å². The minimum Gasteiger partial charge on any atom is -0.454 e. The fourth-order valence-electron chi connectivity index (χ4n) is 3.86. The molecule has 0 spiro atoms. The molecule has 32 heavy (non-hydrogen) atoms. The van der Waals surface area contributed by atoms with Crippen molar-refractivity contribution in [3.63, 3.8) is 0 Å². The lowest BCUT2D eigenvalue weighted by Gasteiger charge is -2.24. The Morgan fingerprint density at radius 1 is 0.906 bits per heavy atom. The predicted molar refractivity (Wildman–Crippen MR) is 126 cm³/mol. The number of rotatable bonds is 10. The maximum absolute atomic E-state index is 13.2. The van der Waals surface area contributed by atoms with Gasteiger partial charge in [0.25, 0.3) is 11.8 Å². The van der Waals surface area contributed by atoms with Crippen molar-refractivity contribution in [2.75, 3.05) is 19.6 Å². The van der Waals surface area contributed by atoms with Crippen molar-refractivity contribution in [3.05, 3.63) is 83.1 Å². The first-order valence-corrected chi connectivity index (χ1v) is 11.3. The van der Waals surface area contributed by atoms with Crippen LogP contribution in [0, 0.1) is 6.92 Å². The highest BCUT2D eigenvalue weighted by Crippen LogP contribution is 2.17. The van der Waals surface area contributed by atoms with Gasteiger partial charge in [-0.2, -0.15) is 0 Å². The SMILES string of the molecule is CCCN(Cc1cccn1Cc1ccc(C(=O)N(CC)CC)o1)C(=O)c1ccccc1C. The number of hydrogen-bond acceptors (Lipinski definition) is 3. The molecule has 0 bridgehead atoms. The Morgan fingerprint density at radius 2 is 1.66 bits per heavy atom. The standard InChI is InChI=1S/C26H33N3O3/c1-5-16-29(25(30)23-13-9-8-11-20(23)4)18-21-12-10-17-28(21)19-22-14-15-24(32-22)26(31)27(6-2)7-3/h8-15,17H,5-7,16,18-19H2,1-4H3. The Kier molecular flexibility index (Phi) is 7.92. The highest BCUT2D eigenvalue weighted by molar-refractivity contribution is 5.95. The number of nitrogens with zero attached hydrogens (tertiary/aromatic N) is 3. The molecule has 3 rings (SSSR count). The monoisotopic (exact) mass is 435 g/mol. The minimum atomic E-state index is -0.0908. The zero-order chi connectivity index (χ0) is 23.1. The molecule has 0 atom stereocenters. The third kappa shape index (κ3) is 5.31. The van der Waals surface area contributed by atoms with Crippen LogP contribution in [0.3, 0.4) is 0 Å². The third-order valence-corrected chi connectivity index (χ3v) is 5.68. The van der Waals surface area contributed by atoms with Crippen molar-refractivity contribution < 1.29 is 14.0 Å². The van der Waals surface area contributed by atoms with Gasteiger partial charge in [-0.1, -0.05) is 25.1 Å². The van der Waals surface area contributed by atoms with Gasteiger partial charge in [0.15, 0.2) is 5.76 Å². The van der Waals surface area contributed by atoms with Crippen LogP contribution in [0.5, 0.6) is 0 Å². The predicted octanol–water partition coefficient (Wildman–Crippen LogP) is 4.97. The quantitative estimate of drug-likeness (QED) is 0.452. The van der Waals surface area contributed by atoms with Crippen LogP contribution in [-0.4, -0.2) is 45.8 Å². The molecule has 6 heteroatoms. The summed E-state index contributed by atoms with van der Waals surface area (Å²) in [7, 11) is 0. The molecular weight excluding hydrogens is 402 g/mol. The van der Waals surface area contributed by atoms with Crippen molar-refractivity contribution in [3.8, 4) is 0 Å². The lowest BCUT2D eigenvalue weighted by Crippen LogP contribution is -2.32. The number of aryl methyl sites for hydroxylation is 1. The fraction of sp³-hybridized carbons (Fsp3) is 0.385. The molecule has 0 radical (unpaired) electrons. The van der Waals surface area contributed by atoms with Crippen LogP contribution < -0.4 is 0 Å². The summed E-state index contributed by atoms with van der Waals surface area (Å²) in [5.41, 5.74) is 2.74. The first kappa shape index (κ1) is 23.4. The van der Waals surface area contributed by atoms with E-state index in [1.807, 2.05) is 74.3 Å². The molecule has 0 fully saturated rings. The van der Waals surface area contributed by atoms with Crippen LogP contribution in [-0.2, 0) is 13.1 Å². The average molecular weight is 436 g/mol. The van der Waals surface area contributed by atoms with E-state index < -0.39 is 0 Å². The Balaban J connectivity index is 1.75. The van der Waals surface area contributed by atoms with Crippen molar-refractivity contribution in [1.82, 2.24) is 14.4 Å². The summed E-state index contributed by atoms with van der Waals surface area (Å²) in [6.07, 6.45) is 2.86. The summed E-state index contributed by atoms with van der Waals surface area (Å²) in [6.45, 7) is 11.0. The zero-order valence-electron chi connectivity index (χ0n) is 19.5. The van der Waals surface area contributed by atoms with Gasteiger partial charge in [0.1, 0.15) is 5.76 Å². The third-order valence-electron chi connectivity index (χ3n) is 5.68. The van der Waals surface area contributed by atoms with Gasteiger partial charge in [0, 0.05) is 37.1 Å². The Hall–Kier alpha value is -3.28. The molecule has 0 unspecified atom stereocenters. The number of benzene rings is 1. The zero-order valence-corrected chi connectivity index (χ0v) is 19.5. The van der Waals surface area contributed by atoms with E-state index in [-0.39, 0.29) is 11.8 Å². The van der Waals surface area contributed by atoms with Crippen molar-refractivity contribution >= 4 is 11.8 Å². The molecule has 1 aromatic carbocycles. The van der Waals surface area contributed by atoms with Gasteiger partial charge >= 0.3 is 0 Å². The first-order valence-electron chi connectivity index (χ1n) is 11.3. The van der Waals surface area contributed by atoms with Crippen LogP contribution in [0.25, 0.3) is 0 Å². The summed E-state index contributed by atoms with van der Waals surface area (Å²) in [6, 6.07) is 15.3. The van der Waals surface area contributed by atoms with Crippen LogP contribution >= 0.6 is 0 Å². The largest absolute Gasteiger partial charge is 0.454 e. The Bertz CT molecular complexity index is 1050. The first-order chi connectivity index (χ1) is 15.5. The van der Waals surface area contributed by atoms with Crippen molar-refractivity contribution in [1.29, 1.82) is 0 Å². The molecule has 2 aromatic heterocycles. The van der Waals surface area contributed by atoms with E-state index in [9.17, 15) is 9.59 Å². The fourth-order valence-corrected chi connectivity index (χ4v) is 3.86. The van der Waals surface area contributed by atoms with Gasteiger partial charge in [-0.3, -0.25) is 9.59 Å². The van der Waals surface area contributed by atoms with Crippen molar-refractivity contribution in [2.24, 2.45) is 0 Å². The van der Waals surface area contributed by atoms with E-state index in [2.05, 4.69) is 11.5 Å². The molecular formula is C26H33N3O3. The normalized spacial score (nSPS) is 10.9. The molecule has 0 saturated carbocycles. The van der Waals surface area contributed by atoms with Gasteiger partial charge in [0.05, 0.1) is 13.1 Å². The Morgan fingerprint density at radius 3 is 2.34 bits per heavy atom. The van der Waals surface area contributed by atoms with Gasteiger partial charge < -0.3 is 18.8 Å². The average Bonchev–Trinajstić information content (AvgIpc) is 3.44. The van der Waals surface area contributed by atoms with Gasteiger partial charge in [-0.05, 0) is 63.1 Å². The summed E-state index contributed by atoms with van der Waals surface area (Å²) < 4.78 is 7.92. The van der Waals surface area contributed by atoms with Crippen molar-refractivity contribution in [2.45, 2.75) is 47.2 Å². The topological polar surface area (TPSA) is 58.7 Å². The molecule has 0 aliphatic rings. The maximum Gasteiger partial charge on any atom is 0.289 e. The van der Waals surface area contributed by atoms with Gasteiger partial charge in [-0.15, -0.1) is 0 Å². The lowest BCUT2D eigenvalue weighted by molar-refractivity contribution is 0.0729. The van der Waals surface area contributed by atoms with E-state index >= 15 is 0 Å². The number of amides is 2. The molecule has 3 aromatic rings. The summed E-state index contributed by atoms with van der Waals surface area (Å²) in [4.78, 5) is 29.4. The highest BCUT2D eigenvalue weighted by Gasteiger charge is 2.20. The second kappa shape index (κ2) is 10.8. The second-order valence-electron chi connectivity index (χ2n) is 7.91. The number of hydrogen-bond donors (Lipinski definition) is 0. The van der Waals surface area contributed by atoms with E-state index in [0.717, 1.165) is 23.2 Å². The van der Waals surface area contributed by atoms with Crippen LogP contribution in [0.2, 0.25) is 0 Å². The number of furan rings is 1. The lowest BCUT2D eigenvalue weighted by atomic mass is 10.1. The summed E-state index contributed by atoms with van der Waals surface area (Å²) in [5.74, 6) is 1.03. The molecule has 0 aliphatic carbocycles. The van der Waals surface area contributed by atoms with Crippen LogP contribution in [0.4, 0.5) is 0 Å². The second-order valence-corrected chi connectivity index (χ2v) is 7.91. The van der Waals surface area contributed by atoms with Crippen LogP contribution in [0.1, 0.15) is 65.1 Å². The molecule has 6 nitrogen and oxygen atoms in total. The molecule has 170 valence electrons. The number of aromatic nitrogens is 1. The molecule has 0 aliphatic heterocycles. The summed E-state index contributed by atoms with van der Waals surface area (Å²) in [5, 5.41) is 0. The summed E-state index contributed by atoms with van der Waals surface area (Å²) >= 11 is 0. The number of carbonyl (C=O) groups is 2. The van der Waals surface area contributed by atoms with E-state index in [0.29, 0.717) is 44.2 Å².